The lowest BCUT2D eigenvalue weighted by Gasteiger charge is -2.32. The van der Waals surface area contributed by atoms with Gasteiger partial charge in [0.05, 0.1) is 6.04 Å². The number of amides is 1. The van der Waals surface area contributed by atoms with E-state index in [0.717, 1.165) is 24.1 Å². The number of hydrogen-bond acceptors (Lipinski definition) is 2. The molecule has 16 heavy (non-hydrogen) atoms. The first kappa shape index (κ1) is 9.70. The van der Waals surface area contributed by atoms with Crippen molar-refractivity contribution in [1.29, 1.82) is 0 Å². The molecule has 3 nitrogen and oxygen atoms in total. The fraction of sp³-hybridized carbons (Fsp3) is 0.462. The molecule has 0 spiro atoms. The molecule has 1 heterocycles. The van der Waals surface area contributed by atoms with E-state index >= 15 is 0 Å². The molecule has 1 aliphatic carbocycles. The Kier molecular flexibility index (Phi) is 2.31. The van der Waals surface area contributed by atoms with Crippen molar-refractivity contribution >= 4 is 6.41 Å². The van der Waals surface area contributed by atoms with Crippen LogP contribution < -0.4 is 10.1 Å². The smallest absolute Gasteiger partial charge is 0.207 e. The molecule has 1 fully saturated rings. The predicted octanol–water partition coefficient (Wildman–Crippen LogP) is 2.03. The van der Waals surface area contributed by atoms with E-state index in [9.17, 15) is 4.79 Å². The Balaban J connectivity index is 1.89. The highest BCUT2D eigenvalue weighted by molar-refractivity contribution is 5.50. The minimum Gasteiger partial charge on any atom is -0.490 e. The maximum atomic E-state index is 10.6. The van der Waals surface area contributed by atoms with Crippen molar-refractivity contribution in [2.75, 3.05) is 0 Å². The number of ether oxygens (including phenoxy) is 1. The summed E-state index contributed by atoms with van der Waals surface area (Å²) in [4.78, 5) is 10.6. The van der Waals surface area contributed by atoms with Gasteiger partial charge in [-0.3, -0.25) is 4.79 Å². The van der Waals surface area contributed by atoms with Crippen molar-refractivity contribution in [3.8, 4) is 5.75 Å². The zero-order chi connectivity index (χ0) is 11.0. The third-order valence-electron chi connectivity index (χ3n) is 3.46. The molecule has 0 bridgehead atoms. The van der Waals surface area contributed by atoms with Crippen LogP contribution in [0.2, 0.25) is 0 Å². The Morgan fingerprint density at radius 1 is 1.31 bits per heavy atom. The quantitative estimate of drug-likeness (QED) is 0.787. The maximum absolute atomic E-state index is 10.6. The second-order valence-electron chi connectivity index (χ2n) is 4.60. The molecule has 0 aromatic heterocycles. The Labute approximate surface area is 94.8 Å². The average Bonchev–Trinajstić information content (AvgIpc) is 3.13. The summed E-state index contributed by atoms with van der Waals surface area (Å²) >= 11 is 0. The molecule has 3 rings (SSSR count). The van der Waals surface area contributed by atoms with Crippen LogP contribution in [0.5, 0.6) is 5.75 Å². The van der Waals surface area contributed by atoms with Gasteiger partial charge >= 0.3 is 0 Å². The van der Waals surface area contributed by atoms with Crippen molar-refractivity contribution in [3.63, 3.8) is 0 Å². The summed E-state index contributed by atoms with van der Waals surface area (Å²) in [5.41, 5.74) is 1.10. The summed E-state index contributed by atoms with van der Waals surface area (Å²) in [5.74, 6) is 1.63. The first-order valence-electron chi connectivity index (χ1n) is 5.84. The number of hydrogen-bond donors (Lipinski definition) is 1. The van der Waals surface area contributed by atoms with Gasteiger partial charge < -0.3 is 10.1 Å². The number of fused-ring (bicyclic) bond motifs is 1. The molecular formula is C13H15NO2. The Hall–Kier alpha value is -1.51. The lowest BCUT2D eigenvalue weighted by molar-refractivity contribution is -0.110. The molecule has 0 radical (unpaired) electrons. The highest BCUT2D eigenvalue weighted by Crippen LogP contribution is 2.43. The average molecular weight is 217 g/mol. The topological polar surface area (TPSA) is 38.3 Å². The van der Waals surface area contributed by atoms with Crippen molar-refractivity contribution in [2.24, 2.45) is 5.92 Å². The number of carbonyl (C=O) groups excluding carboxylic acids is 1. The van der Waals surface area contributed by atoms with Gasteiger partial charge in [-0.05, 0) is 24.8 Å². The van der Waals surface area contributed by atoms with E-state index in [1.165, 1.54) is 12.8 Å². The second kappa shape index (κ2) is 3.81. The number of rotatable bonds is 3. The minimum absolute atomic E-state index is 0.119. The van der Waals surface area contributed by atoms with Crippen LogP contribution in [0.25, 0.3) is 0 Å². The second-order valence-corrected chi connectivity index (χ2v) is 4.60. The molecule has 1 amide bonds. The van der Waals surface area contributed by atoms with E-state index in [4.69, 9.17) is 4.74 Å². The van der Waals surface area contributed by atoms with Crippen molar-refractivity contribution in [3.05, 3.63) is 29.8 Å². The van der Waals surface area contributed by atoms with Crippen LogP contribution in [0.1, 0.15) is 30.9 Å². The first-order chi connectivity index (χ1) is 7.88. The van der Waals surface area contributed by atoms with Gasteiger partial charge in [0.1, 0.15) is 11.9 Å². The molecule has 1 aromatic carbocycles. The SMILES string of the molecule is O=CN[C@H]1CC(C2CC2)Oc2ccccc21. The van der Waals surface area contributed by atoms with Crippen molar-refractivity contribution in [2.45, 2.75) is 31.4 Å². The largest absolute Gasteiger partial charge is 0.490 e. The molecule has 1 aromatic rings. The first-order valence-corrected chi connectivity index (χ1v) is 5.84. The predicted molar refractivity (Wildman–Crippen MR) is 60.1 cm³/mol. The van der Waals surface area contributed by atoms with Crippen LogP contribution in [0, 0.1) is 5.92 Å². The van der Waals surface area contributed by atoms with Gasteiger partial charge in [0.2, 0.25) is 6.41 Å². The van der Waals surface area contributed by atoms with Gasteiger partial charge in [-0.1, -0.05) is 18.2 Å². The fourth-order valence-electron chi connectivity index (χ4n) is 2.44. The maximum Gasteiger partial charge on any atom is 0.207 e. The van der Waals surface area contributed by atoms with Gasteiger partial charge in [-0.2, -0.15) is 0 Å². The lowest BCUT2D eigenvalue weighted by atomic mass is 9.94. The van der Waals surface area contributed by atoms with E-state index < -0.39 is 0 Å². The third kappa shape index (κ3) is 1.66. The Bertz CT molecular complexity index is 401. The van der Waals surface area contributed by atoms with Crippen LogP contribution in [0.15, 0.2) is 24.3 Å². The van der Waals surface area contributed by atoms with Crippen LogP contribution in [0.4, 0.5) is 0 Å². The van der Waals surface area contributed by atoms with Crippen LogP contribution in [0.3, 0.4) is 0 Å². The van der Waals surface area contributed by atoms with Crippen LogP contribution in [-0.4, -0.2) is 12.5 Å². The van der Waals surface area contributed by atoms with Gasteiger partial charge in [0.15, 0.2) is 0 Å². The number of para-hydroxylation sites is 1. The number of nitrogens with one attached hydrogen (secondary N) is 1. The number of carbonyl (C=O) groups is 1. The van der Waals surface area contributed by atoms with Gasteiger partial charge in [0.25, 0.3) is 0 Å². The van der Waals surface area contributed by atoms with Crippen molar-refractivity contribution in [1.82, 2.24) is 5.32 Å². The third-order valence-corrected chi connectivity index (χ3v) is 3.46. The Morgan fingerprint density at radius 2 is 2.12 bits per heavy atom. The van der Waals surface area contributed by atoms with E-state index in [2.05, 4.69) is 5.32 Å². The standard InChI is InChI=1S/C13H15NO2/c15-8-14-11-7-13(9-5-6-9)16-12-4-2-1-3-10(11)12/h1-4,8-9,11,13H,5-7H2,(H,14,15)/t11-,13?/m0/s1. The number of benzene rings is 1. The normalized spacial score (nSPS) is 27.8. The molecule has 1 saturated carbocycles. The van der Waals surface area contributed by atoms with E-state index in [0.29, 0.717) is 5.92 Å². The monoisotopic (exact) mass is 217 g/mol. The van der Waals surface area contributed by atoms with Gasteiger partial charge in [-0.25, -0.2) is 0 Å². The molecule has 1 N–H and O–H groups in total. The Morgan fingerprint density at radius 3 is 2.88 bits per heavy atom. The summed E-state index contributed by atoms with van der Waals surface area (Å²) in [7, 11) is 0. The highest BCUT2D eigenvalue weighted by Gasteiger charge is 2.38. The minimum atomic E-state index is 0.119. The lowest BCUT2D eigenvalue weighted by Crippen LogP contribution is -2.33. The molecule has 84 valence electrons. The summed E-state index contributed by atoms with van der Waals surface area (Å²) in [5, 5.41) is 2.89. The summed E-state index contributed by atoms with van der Waals surface area (Å²) in [6.45, 7) is 0. The molecule has 1 aliphatic heterocycles. The molecule has 3 heteroatoms. The highest BCUT2D eigenvalue weighted by atomic mass is 16.5. The van der Waals surface area contributed by atoms with Crippen LogP contribution in [-0.2, 0) is 4.79 Å². The van der Waals surface area contributed by atoms with E-state index in [1.54, 1.807) is 0 Å². The molecular weight excluding hydrogens is 202 g/mol. The van der Waals surface area contributed by atoms with Crippen molar-refractivity contribution < 1.29 is 9.53 Å². The summed E-state index contributed by atoms with van der Waals surface area (Å²) in [6.07, 6.45) is 4.51. The van der Waals surface area contributed by atoms with Gasteiger partial charge in [-0.15, -0.1) is 0 Å². The van der Waals surface area contributed by atoms with E-state index in [-0.39, 0.29) is 12.1 Å². The molecule has 0 saturated heterocycles. The molecule has 2 aliphatic rings. The fourth-order valence-corrected chi connectivity index (χ4v) is 2.44. The summed E-state index contributed by atoms with van der Waals surface area (Å²) in [6, 6.07) is 8.10. The zero-order valence-electron chi connectivity index (χ0n) is 9.06. The summed E-state index contributed by atoms with van der Waals surface area (Å²) < 4.78 is 5.98. The van der Waals surface area contributed by atoms with Gasteiger partial charge in [0, 0.05) is 12.0 Å². The zero-order valence-corrected chi connectivity index (χ0v) is 9.06. The van der Waals surface area contributed by atoms with Crippen LogP contribution >= 0.6 is 0 Å². The van der Waals surface area contributed by atoms with E-state index in [1.807, 2.05) is 24.3 Å². The molecule has 1 unspecified atom stereocenters. The molecule has 2 atom stereocenters.